The molecule has 1 rings (SSSR count). The molecule has 0 spiro atoms. The van der Waals surface area contributed by atoms with Crippen LogP contribution in [0.3, 0.4) is 0 Å². The number of nitrogens with zero attached hydrogens (tertiary/aromatic N) is 1. The largest absolute Gasteiger partial charge is 0.418 e. The fourth-order valence-corrected chi connectivity index (χ4v) is 1.58. The molecule has 0 atom stereocenters. The Bertz CT molecular complexity index is 403. The number of benzene rings is 1. The molecule has 0 bridgehead atoms. The third-order valence-electron chi connectivity index (χ3n) is 2.43. The molecule has 18 heavy (non-hydrogen) atoms. The molecular formula is C11H13F5N2. The minimum atomic E-state index is -4.60. The van der Waals surface area contributed by atoms with Gasteiger partial charge in [-0.05, 0) is 17.7 Å². The van der Waals surface area contributed by atoms with Crippen LogP contribution in [0.2, 0.25) is 0 Å². The Balaban J connectivity index is 3.18. The van der Waals surface area contributed by atoms with Crippen LogP contribution < -0.4 is 10.6 Å². The van der Waals surface area contributed by atoms with Crippen molar-refractivity contribution in [3.05, 3.63) is 29.3 Å². The lowest BCUT2D eigenvalue weighted by atomic mass is 10.1. The summed E-state index contributed by atoms with van der Waals surface area (Å²) in [5.74, 6) is 0. The fourth-order valence-electron chi connectivity index (χ4n) is 1.58. The Morgan fingerprint density at radius 1 is 1.28 bits per heavy atom. The van der Waals surface area contributed by atoms with Gasteiger partial charge in [0.2, 0.25) is 0 Å². The molecule has 0 saturated heterocycles. The van der Waals surface area contributed by atoms with Crippen LogP contribution in [0, 0.1) is 0 Å². The first-order valence-corrected chi connectivity index (χ1v) is 5.15. The number of alkyl halides is 5. The molecule has 1 aromatic carbocycles. The minimum absolute atomic E-state index is 0.0398. The van der Waals surface area contributed by atoms with Crippen molar-refractivity contribution in [1.82, 2.24) is 0 Å². The third-order valence-corrected chi connectivity index (χ3v) is 2.43. The van der Waals surface area contributed by atoms with Crippen molar-refractivity contribution in [1.29, 1.82) is 0 Å². The van der Waals surface area contributed by atoms with E-state index in [1.165, 1.54) is 13.1 Å². The van der Waals surface area contributed by atoms with E-state index in [4.69, 9.17) is 5.73 Å². The molecule has 102 valence electrons. The average Bonchev–Trinajstić information content (AvgIpc) is 2.26. The second-order valence-electron chi connectivity index (χ2n) is 3.82. The molecule has 0 aliphatic carbocycles. The van der Waals surface area contributed by atoms with Crippen molar-refractivity contribution in [3.63, 3.8) is 0 Å². The summed E-state index contributed by atoms with van der Waals surface area (Å²) < 4.78 is 62.8. The van der Waals surface area contributed by atoms with Crippen molar-refractivity contribution < 1.29 is 22.0 Å². The lowest BCUT2D eigenvalue weighted by molar-refractivity contribution is -0.137. The second kappa shape index (κ2) is 5.51. The average molecular weight is 268 g/mol. The van der Waals surface area contributed by atoms with E-state index in [9.17, 15) is 22.0 Å². The maximum atomic E-state index is 12.8. The standard InChI is InChI=1S/C11H13F5N2/c1-18(6-10(12)13)9-3-2-7(5-17)4-8(9)11(14,15)16/h2-4,10H,5-6,17H2,1H3. The quantitative estimate of drug-likeness (QED) is 0.851. The Kier molecular flexibility index (Phi) is 4.50. The Morgan fingerprint density at radius 2 is 1.89 bits per heavy atom. The van der Waals surface area contributed by atoms with Gasteiger partial charge in [0.05, 0.1) is 12.1 Å². The number of halogens is 5. The van der Waals surface area contributed by atoms with E-state index in [0.29, 0.717) is 5.56 Å². The van der Waals surface area contributed by atoms with Gasteiger partial charge in [0, 0.05) is 19.3 Å². The molecule has 0 radical (unpaired) electrons. The van der Waals surface area contributed by atoms with Crippen LogP contribution in [0.15, 0.2) is 18.2 Å². The summed E-state index contributed by atoms with van der Waals surface area (Å²) in [5, 5.41) is 0. The van der Waals surface area contributed by atoms with E-state index in [1.807, 2.05) is 0 Å². The smallest absolute Gasteiger partial charge is 0.368 e. The lowest BCUT2D eigenvalue weighted by Gasteiger charge is -2.23. The molecular weight excluding hydrogens is 255 g/mol. The molecule has 0 heterocycles. The van der Waals surface area contributed by atoms with Crippen molar-refractivity contribution in [2.75, 3.05) is 18.5 Å². The molecule has 0 fully saturated rings. The molecule has 0 aliphatic heterocycles. The SMILES string of the molecule is CN(CC(F)F)c1ccc(CN)cc1C(F)(F)F. The van der Waals surface area contributed by atoms with Gasteiger partial charge in [0.25, 0.3) is 6.43 Å². The first kappa shape index (κ1) is 14.7. The van der Waals surface area contributed by atoms with Gasteiger partial charge in [-0.3, -0.25) is 0 Å². The number of hydrogen-bond acceptors (Lipinski definition) is 2. The van der Waals surface area contributed by atoms with Gasteiger partial charge in [0.1, 0.15) is 0 Å². The summed E-state index contributed by atoms with van der Waals surface area (Å²) in [6.07, 6.45) is -7.30. The summed E-state index contributed by atoms with van der Waals surface area (Å²) in [4.78, 5) is 0.883. The van der Waals surface area contributed by atoms with Crippen molar-refractivity contribution >= 4 is 5.69 Å². The topological polar surface area (TPSA) is 29.3 Å². The van der Waals surface area contributed by atoms with Gasteiger partial charge in [-0.2, -0.15) is 13.2 Å². The van der Waals surface area contributed by atoms with Crippen LogP contribution in [-0.4, -0.2) is 20.0 Å². The van der Waals surface area contributed by atoms with Crippen LogP contribution in [0.25, 0.3) is 0 Å². The Hall–Kier alpha value is -1.37. The Labute approximate surface area is 101 Å². The van der Waals surface area contributed by atoms with E-state index in [0.717, 1.165) is 17.0 Å². The van der Waals surface area contributed by atoms with Crippen molar-refractivity contribution in [2.24, 2.45) is 5.73 Å². The normalized spacial score (nSPS) is 12.0. The zero-order valence-corrected chi connectivity index (χ0v) is 9.64. The molecule has 0 aromatic heterocycles. The number of rotatable bonds is 4. The highest BCUT2D eigenvalue weighted by Crippen LogP contribution is 2.37. The van der Waals surface area contributed by atoms with Crippen LogP contribution in [-0.2, 0) is 12.7 Å². The Morgan fingerprint density at radius 3 is 2.33 bits per heavy atom. The fraction of sp³-hybridized carbons (Fsp3) is 0.455. The lowest BCUT2D eigenvalue weighted by Crippen LogP contribution is -2.26. The van der Waals surface area contributed by atoms with Crippen LogP contribution in [0.5, 0.6) is 0 Å². The summed E-state index contributed by atoms with van der Waals surface area (Å²) in [6.45, 7) is -0.799. The van der Waals surface area contributed by atoms with Crippen LogP contribution >= 0.6 is 0 Å². The highest BCUT2D eigenvalue weighted by molar-refractivity contribution is 5.56. The van der Waals surface area contributed by atoms with Gasteiger partial charge in [0.15, 0.2) is 0 Å². The van der Waals surface area contributed by atoms with Crippen LogP contribution in [0.1, 0.15) is 11.1 Å². The van der Waals surface area contributed by atoms with Crippen molar-refractivity contribution in [2.45, 2.75) is 19.1 Å². The van der Waals surface area contributed by atoms with Gasteiger partial charge < -0.3 is 10.6 Å². The maximum Gasteiger partial charge on any atom is 0.418 e. The summed E-state index contributed by atoms with van der Waals surface area (Å²) >= 11 is 0. The molecule has 0 unspecified atom stereocenters. The zero-order valence-electron chi connectivity index (χ0n) is 9.64. The number of nitrogens with two attached hydrogens (primary N) is 1. The number of anilines is 1. The molecule has 1 aromatic rings. The van der Waals surface area contributed by atoms with Crippen LogP contribution in [0.4, 0.5) is 27.6 Å². The first-order chi connectivity index (χ1) is 8.25. The van der Waals surface area contributed by atoms with Crippen molar-refractivity contribution in [3.8, 4) is 0 Å². The van der Waals surface area contributed by atoms with E-state index < -0.39 is 24.7 Å². The zero-order chi connectivity index (χ0) is 13.9. The number of hydrogen-bond donors (Lipinski definition) is 1. The second-order valence-corrected chi connectivity index (χ2v) is 3.82. The summed E-state index contributed by atoms with van der Waals surface area (Å²) in [7, 11) is 1.19. The molecule has 0 amide bonds. The van der Waals surface area contributed by atoms with E-state index in [1.54, 1.807) is 0 Å². The highest BCUT2D eigenvalue weighted by atomic mass is 19.4. The highest BCUT2D eigenvalue weighted by Gasteiger charge is 2.34. The molecule has 0 saturated carbocycles. The van der Waals surface area contributed by atoms with E-state index in [-0.39, 0.29) is 12.2 Å². The van der Waals surface area contributed by atoms with Gasteiger partial charge >= 0.3 is 6.18 Å². The molecule has 2 nitrogen and oxygen atoms in total. The predicted octanol–water partition coefficient (Wildman–Crippen LogP) is 2.87. The maximum absolute atomic E-state index is 12.8. The van der Waals surface area contributed by atoms with Gasteiger partial charge in [-0.1, -0.05) is 6.07 Å². The third kappa shape index (κ3) is 3.56. The molecule has 7 heteroatoms. The van der Waals surface area contributed by atoms with E-state index >= 15 is 0 Å². The summed E-state index contributed by atoms with van der Waals surface area (Å²) in [5.41, 5.74) is 4.34. The monoisotopic (exact) mass is 268 g/mol. The summed E-state index contributed by atoms with van der Waals surface area (Å²) in [6, 6.07) is 3.44. The van der Waals surface area contributed by atoms with Gasteiger partial charge in [-0.15, -0.1) is 0 Å². The first-order valence-electron chi connectivity index (χ1n) is 5.15. The predicted molar refractivity (Wildman–Crippen MR) is 58.6 cm³/mol. The van der Waals surface area contributed by atoms with Gasteiger partial charge in [-0.25, -0.2) is 8.78 Å². The molecule has 0 aliphatic rings. The van der Waals surface area contributed by atoms with E-state index in [2.05, 4.69) is 0 Å². The molecule has 2 N–H and O–H groups in total. The minimum Gasteiger partial charge on any atom is -0.368 e.